The second-order valence-corrected chi connectivity index (χ2v) is 14.0. The Morgan fingerprint density at radius 3 is 2.00 bits per heavy atom. The summed E-state index contributed by atoms with van der Waals surface area (Å²) in [6.45, 7) is 0. The molecule has 5 nitrogen and oxygen atoms in total. The summed E-state index contributed by atoms with van der Waals surface area (Å²) in [7, 11) is 0. The normalized spacial score (nSPS) is 13.9. The lowest BCUT2D eigenvalue weighted by atomic mass is 9.91. The Bertz CT molecular complexity index is 3090. The van der Waals surface area contributed by atoms with Crippen LogP contribution in [0, 0.1) is 5.41 Å². The van der Waals surface area contributed by atoms with Gasteiger partial charge >= 0.3 is 0 Å². The Hall–Kier alpha value is -7.50. The molecular formula is C50H33N5. The van der Waals surface area contributed by atoms with Crippen LogP contribution in [-0.4, -0.2) is 19.9 Å². The van der Waals surface area contributed by atoms with Crippen LogP contribution in [-0.2, 0) is 0 Å². The van der Waals surface area contributed by atoms with Crippen molar-refractivity contribution in [1.82, 2.24) is 14.2 Å². The topological polar surface area (TPSA) is 58.6 Å². The van der Waals surface area contributed by atoms with Gasteiger partial charge in [0.15, 0.2) is 0 Å². The largest absolute Gasteiger partial charge is 0.309 e. The maximum Gasteiger partial charge on any atom is 0.0723 e. The Kier molecular flexibility index (Phi) is 6.94. The Balaban J connectivity index is 1.34. The molecule has 3 aromatic heterocycles. The molecule has 0 unspecified atom stereocenters. The van der Waals surface area contributed by atoms with E-state index in [1.54, 1.807) is 0 Å². The molecule has 0 spiro atoms. The van der Waals surface area contributed by atoms with E-state index in [0.29, 0.717) is 5.71 Å². The molecule has 0 aliphatic heterocycles. The lowest BCUT2D eigenvalue weighted by Crippen LogP contribution is -2.17. The van der Waals surface area contributed by atoms with E-state index in [2.05, 4.69) is 154 Å². The summed E-state index contributed by atoms with van der Waals surface area (Å²) in [5.41, 5.74) is 20.4. The van der Waals surface area contributed by atoms with E-state index >= 15 is 0 Å². The van der Waals surface area contributed by atoms with E-state index in [1.165, 1.54) is 32.8 Å². The second-order valence-electron chi connectivity index (χ2n) is 14.0. The van der Waals surface area contributed by atoms with Crippen molar-refractivity contribution in [3.63, 3.8) is 0 Å². The molecule has 3 heterocycles. The smallest absolute Gasteiger partial charge is 0.0723 e. The summed E-state index contributed by atoms with van der Waals surface area (Å²) < 4.78 is 4.69. The van der Waals surface area contributed by atoms with Gasteiger partial charge in [-0.15, -0.1) is 0 Å². The highest BCUT2D eigenvalue weighted by Crippen LogP contribution is 2.54. The van der Waals surface area contributed by atoms with Gasteiger partial charge in [-0.2, -0.15) is 0 Å². The quantitative estimate of drug-likeness (QED) is 0.181. The first-order chi connectivity index (χ1) is 27.2. The zero-order chi connectivity index (χ0) is 36.5. The number of nitrogens with zero attached hydrogens (tertiary/aromatic N) is 3. The van der Waals surface area contributed by atoms with Gasteiger partial charge in [0.05, 0.1) is 39.3 Å². The van der Waals surface area contributed by atoms with Crippen molar-refractivity contribution in [1.29, 1.82) is 5.41 Å². The lowest BCUT2D eigenvalue weighted by Gasteiger charge is -2.20. The predicted octanol–water partition coefficient (Wildman–Crippen LogP) is 12.2. The maximum absolute atomic E-state index is 9.02. The lowest BCUT2D eigenvalue weighted by molar-refractivity contribution is 1.06. The molecule has 0 saturated carbocycles. The third kappa shape index (κ3) is 4.73. The summed E-state index contributed by atoms with van der Waals surface area (Å²) in [6.07, 6.45) is 9.66. The minimum absolute atomic E-state index is 0.455. The van der Waals surface area contributed by atoms with Crippen LogP contribution in [0.1, 0.15) is 5.56 Å². The van der Waals surface area contributed by atoms with E-state index < -0.39 is 0 Å². The fraction of sp³-hybridized carbons (Fsp3) is 0. The average molecular weight is 704 g/mol. The molecule has 6 aromatic carbocycles. The zero-order valence-corrected chi connectivity index (χ0v) is 29.7. The highest BCUT2D eigenvalue weighted by atomic mass is 15.4. The molecule has 0 amide bonds. The standard InChI is InChI=1S/C50H33N5/c51-40-25-13-12-24-38(40)49(32-16-4-1-5-17-32)53-55-43-28-27-42-47-46(50(33-18-6-2-7-19-33)54(42)35-20-8-3-9-21-35)37-23-11-10-22-36(37)39-30-34(41-26-14-15-29-52-41)31-44(55)45(39)48(43)47/h1-31,51,53H/b49-38-,51-40?. The molecule has 0 radical (unpaired) electrons. The number of pyridine rings is 1. The van der Waals surface area contributed by atoms with Crippen molar-refractivity contribution in [3.8, 4) is 50.5 Å². The van der Waals surface area contributed by atoms with Crippen LogP contribution in [0.5, 0.6) is 0 Å². The van der Waals surface area contributed by atoms with Crippen LogP contribution < -0.4 is 5.43 Å². The van der Waals surface area contributed by atoms with E-state index in [1.807, 2.05) is 48.7 Å². The molecule has 2 N–H and O–H groups in total. The minimum Gasteiger partial charge on any atom is -0.309 e. The maximum atomic E-state index is 9.02. The number of hydrogen-bond acceptors (Lipinski definition) is 3. The number of benzene rings is 6. The number of nitrogens with one attached hydrogen (secondary N) is 2. The fourth-order valence-corrected chi connectivity index (χ4v) is 8.63. The first kappa shape index (κ1) is 31.1. The van der Waals surface area contributed by atoms with E-state index in [-0.39, 0.29) is 0 Å². The molecule has 0 saturated heterocycles. The average Bonchev–Trinajstić information content (AvgIpc) is 3.72. The van der Waals surface area contributed by atoms with Crippen LogP contribution in [0.3, 0.4) is 0 Å². The number of aromatic nitrogens is 3. The van der Waals surface area contributed by atoms with Gasteiger partial charge in [-0.3, -0.25) is 15.1 Å². The van der Waals surface area contributed by atoms with Crippen molar-refractivity contribution >= 4 is 44.1 Å². The molecule has 11 rings (SSSR count). The summed E-state index contributed by atoms with van der Waals surface area (Å²) in [6, 6.07) is 56.0. The van der Waals surface area contributed by atoms with Crippen LogP contribution in [0.25, 0.3) is 88.9 Å². The van der Waals surface area contributed by atoms with Crippen molar-refractivity contribution in [2.75, 3.05) is 5.43 Å². The molecule has 5 heteroatoms. The van der Waals surface area contributed by atoms with Gasteiger partial charge in [-0.1, -0.05) is 127 Å². The SMILES string of the molecule is N=C1C=CC=C/C1=C(/Nn1c2cc(-c3ccccn3)cc3c2c2c4c(c(-c5ccccc5)n(-c5ccccc5)c4ccc21)-c1ccccc1-3)c1ccccc1. The minimum atomic E-state index is 0.455. The highest BCUT2D eigenvalue weighted by Gasteiger charge is 2.31. The fourth-order valence-electron chi connectivity index (χ4n) is 8.63. The molecule has 0 bridgehead atoms. The van der Waals surface area contributed by atoms with Crippen molar-refractivity contribution in [3.05, 3.63) is 199 Å². The summed E-state index contributed by atoms with van der Waals surface area (Å²) in [5, 5.41) is 12.6. The summed E-state index contributed by atoms with van der Waals surface area (Å²) in [4.78, 5) is 4.84. The van der Waals surface area contributed by atoms with E-state index in [4.69, 9.17) is 10.4 Å². The van der Waals surface area contributed by atoms with E-state index in [9.17, 15) is 0 Å². The Morgan fingerprint density at radius 1 is 0.545 bits per heavy atom. The Labute approximate surface area is 317 Å². The summed E-state index contributed by atoms with van der Waals surface area (Å²) in [5.74, 6) is 0. The van der Waals surface area contributed by atoms with Crippen LogP contribution in [0.2, 0.25) is 0 Å². The third-order valence-electron chi connectivity index (χ3n) is 11.0. The second kappa shape index (κ2) is 12.3. The van der Waals surface area contributed by atoms with Gasteiger partial charge in [-0.05, 0) is 76.9 Å². The molecule has 0 fully saturated rings. The monoisotopic (exact) mass is 703 g/mol. The van der Waals surface area contributed by atoms with Gasteiger partial charge in [0.1, 0.15) is 0 Å². The van der Waals surface area contributed by atoms with Crippen LogP contribution in [0.4, 0.5) is 0 Å². The van der Waals surface area contributed by atoms with Gasteiger partial charge in [0.2, 0.25) is 0 Å². The predicted molar refractivity (Wildman–Crippen MR) is 228 cm³/mol. The van der Waals surface area contributed by atoms with Crippen molar-refractivity contribution in [2.45, 2.75) is 0 Å². The Morgan fingerprint density at radius 2 is 1.24 bits per heavy atom. The van der Waals surface area contributed by atoms with Gasteiger partial charge in [0, 0.05) is 50.3 Å². The number of fused-ring (bicyclic) bond motifs is 3. The number of hydrogen-bond donors (Lipinski definition) is 2. The number of para-hydroxylation sites is 1. The molecule has 9 aromatic rings. The first-order valence-electron chi connectivity index (χ1n) is 18.6. The van der Waals surface area contributed by atoms with Crippen molar-refractivity contribution < 1.29 is 0 Å². The van der Waals surface area contributed by atoms with Crippen LogP contribution in [0.15, 0.2) is 194 Å². The van der Waals surface area contributed by atoms with Gasteiger partial charge < -0.3 is 9.98 Å². The van der Waals surface area contributed by atoms with Crippen molar-refractivity contribution in [2.24, 2.45) is 0 Å². The van der Waals surface area contributed by atoms with Gasteiger partial charge in [-0.25, -0.2) is 0 Å². The van der Waals surface area contributed by atoms with Crippen LogP contribution >= 0.6 is 0 Å². The zero-order valence-electron chi connectivity index (χ0n) is 29.7. The molecular weight excluding hydrogens is 671 g/mol. The third-order valence-corrected chi connectivity index (χ3v) is 11.0. The number of rotatable bonds is 6. The molecule has 55 heavy (non-hydrogen) atoms. The van der Waals surface area contributed by atoms with Gasteiger partial charge in [0.25, 0.3) is 0 Å². The molecule has 2 aliphatic rings. The number of allylic oxidation sites excluding steroid dienone is 5. The molecule has 2 aliphatic carbocycles. The van der Waals surface area contributed by atoms with E-state index in [0.717, 1.165) is 67.1 Å². The first-order valence-corrected chi connectivity index (χ1v) is 18.6. The summed E-state index contributed by atoms with van der Waals surface area (Å²) >= 11 is 0. The highest BCUT2D eigenvalue weighted by molar-refractivity contribution is 6.32. The molecule has 0 atom stereocenters. The molecule has 258 valence electrons.